The molecule has 3 aliphatic rings. The van der Waals surface area contributed by atoms with E-state index in [9.17, 15) is 0 Å². The van der Waals surface area contributed by atoms with E-state index in [-0.39, 0.29) is 0 Å². The first-order valence-corrected chi connectivity index (χ1v) is 13.7. The van der Waals surface area contributed by atoms with Gasteiger partial charge in [0.2, 0.25) is 0 Å². The minimum Gasteiger partial charge on any atom is -0.379 e. The van der Waals surface area contributed by atoms with E-state index in [1.807, 2.05) is 0 Å². The lowest BCUT2D eigenvalue weighted by molar-refractivity contribution is 0.113. The molecule has 196 valence electrons. The lowest BCUT2D eigenvalue weighted by atomic mass is 9.88. The molecule has 0 spiro atoms. The highest BCUT2D eigenvalue weighted by molar-refractivity contribution is 5.59. The fraction of sp³-hybridized carbons (Fsp3) is 0.724. The molecule has 3 atom stereocenters. The van der Waals surface area contributed by atoms with Gasteiger partial charge in [0.1, 0.15) is 18.3 Å². The molecule has 35 heavy (non-hydrogen) atoms. The van der Waals surface area contributed by atoms with E-state index in [4.69, 9.17) is 28.4 Å². The number of hydrogen-bond donors (Lipinski definition) is 0. The van der Waals surface area contributed by atoms with Crippen molar-refractivity contribution in [3.63, 3.8) is 0 Å². The molecule has 6 heteroatoms. The normalized spacial score (nSPS) is 22.3. The molecule has 3 unspecified atom stereocenters. The van der Waals surface area contributed by atoms with Crippen LogP contribution in [0.15, 0.2) is 18.7 Å². The monoisotopic (exact) mass is 488 g/mol. The van der Waals surface area contributed by atoms with Crippen LogP contribution in [0.3, 0.4) is 0 Å². The summed E-state index contributed by atoms with van der Waals surface area (Å²) in [7, 11) is 0. The van der Waals surface area contributed by atoms with Crippen LogP contribution in [-0.4, -0.2) is 77.8 Å². The lowest BCUT2D eigenvalue weighted by Crippen LogP contribution is -2.07. The summed E-state index contributed by atoms with van der Waals surface area (Å²) in [5, 5.41) is 0. The molecule has 0 radical (unpaired) electrons. The van der Waals surface area contributed by atoms with Crippen LogP contribution in [0.2, 0.25) is 0 Å². The molecule has 0 N–H and O–H groups in total. The van der Waals surface area contributed by atoms with E-state index >= 15 is 0 Å². The third-order valence-electron chi connectivity index (χ3n) is 6.80. The maximum absolute atomic E-state index is 5.75. The van der Waals surface area contributed by atoms with Gasteiger partial charge in [0.25, 0.3) is 0 Å². The summed E-state index contributed by atoms with van der Waals surface area (Å²) in [6, 6.07) is 4.69. The highest BCUT2D eigenvalue weighted by atomic mass is 16.6. The summed E-state index contributed by atoms with van der Waals surface area (Å²) < 4.78 is 32.8. The first-order valence-electron chi connectivity index (χ1n) is 13.7. The van der Waals surface area contributed by atoms with Gasteiger partial charge in [-0.3, -0.25) is 0 Å². The van der Waals surface area contributed by atoms with Crippen molar-refractivity contribution in [1.82, 2.24) is 0 Å². The van der Waals surface area contributed by atoms with Gasteiger partial charge in [-0.2, -0.15) is 0 Å². The van der Waals surface area contributed by atoms with Crippen LogP contribution in [0, 0.1) is 0 Å². The fourth-order valence-corrected chi connectivity index (χ4v) is 4.44. The van der Waals surface area contributed by atoms with E-state index in [0.29, 0.717) is 18.3 Å². The number of epoxide rings is 3. The zero-order valence-corrected chi connectivity index (χ0v) is 21.3. The van der Waals surface area contributed by atoms with Crippen molar-refractivity contribution in [3.05, 3.63) is 41.0 Å². The Bertz CT molecular complexity index is 754. The summed E-state index contributed by atoms with van der Waals surface area (Å²) in [5.74, 6) is 0. The zero-order valence-electron chi connectivity index (χ0n) is 21.3. The molecule has 0 amide bonds. The van der Waals surface area contributed by atoms with Crippen molar-refractivity contribution in [1.29, 1.82) is 0 Å². The van der Waals surface area contributed by atoms with Crippen LogP contribution >= 0.6 is 0 Å². The lowest BCUT2D eigenvalue weighted by Gasteiger charge is -2.18. The second-order valence-electron chi connectivity index (χ2n) is 9.94. The van der Waals surface area contributed by atoms with Crippen molar-refractivity contribution >= 4 is 6.08 Å². The molecule has 0 aliphatic carbocycles. The predicted molar refractivity (Wildman–Crippen MR) is 137 cm³/mol. The third-order valence-corrected chi connectivity index (χ3v) is 6.80. The maximum atomic E-state index is 5.75. The Morgan fingerprint density at radius 3 is 1.54 bits per heavy atom. The Morgan fingerprint density at radius 1 is 0.657 bits per heavy atom. The number of ether oxygens (including phenoxy) is 6. The molecule has 0 saturated carbocycles. The van der Waals surface area contributed by atoms with Gasteiger partial charge in [-0.1, -0.05) is 24.8 Å². The third kappa shape index (κ3) is 10.7. The second-order valence-corrected chi connectivity index (χ2v) is 9.94. The molecule has 0 aromatic heterocycles. The van der Waals surface area contributed by atoms with Crippen molar-refractivity contribution in [2.75, 3.05) is 59.5 Å². The molecule has 6 nitrogen and oxygen atoms in total. The summed E-state index contributed by atoms with van der Waals surface area (Å²) in [4.78, 5) is 0. The summed E-state index contributed by atoms with van der Waals surface area (Å²) in [6.45, 7) is 11.5. The zero-order chi connectivity index (χ0) is 24.1. The van der Waals surface area contributed by atoms with Crippen LogP contribution < -0.4 is 0 Å². The topological polar surface area (TPSA) is 65.3 Å². The summed E-state index contributed by atoms with van der Waals surface area (Å²) in [5.41, 5.74) is 5.72. The van der Waals surface area contributed by atoms with Crippen molar-refractivity contribution in [2.45, 2.75) is 76.1 Å². The Kier molecular flexibility index (Phi) is 11.5. The number of hydrogen-bond acceptors (Lipinski definition) is 6. The quantitative estimate of drug-likeness (QED) is 0.176. The minimum absolute atomic E-state index is 0.346. The standard InChI is InChI=1S/C29H44O6/c1-2-28-23(9-3-6-14-30-17-25-20-33-25)12-13-24(10-4-7-15-31-18-26-21-34-26)29(28)11-5-8-16-32-19-27-22-35-27/h2,12-13,25-27H,1,3-11,14-22H2. The highest BCUT2D eigenvalue weighted by Crippen LogP contribution is 2.26. The molecule has 1 aromatic rings. The van der Waals surface area contributed by atoms with Crippen LogP contribution in [-0.2, 0) is 47.7 Å². The van der Waals surface area contributed by atoms with Gasteiger partial charge in [-0.15, -0.1) is 0 Å². The molecule has 1 aromatic carbocycles. The van der Waals surface area contributed by atoms with Gasteiger partial charge in [-0.25, -0.2) is 0 Å². The number of benzene rings is 1. The van der Waals surface area contributed by atoms with Crippen LogP contribution in [0.1, 0.15) is 60.8 Å². The van der Waals surface area contributed by atoms with E-state index in [2.05, 4.69) is 24.8 Å². The Hall–Kier alpha value is -1.28. The molecule has 0 bridgehead atoms. The van der Waals surface area contributed by atoms with Crippen molar-refractivity contribution in [3.8, 4) is 0 Å². The Balaban J connectivity index is 1.24. The molecular weight excluding hydrogens is 444 g/mol. The predicted octanol–water partition coefficient (Wildman–Crippen LogP) is 4.54. The Labute approximate surface area is 211 Å². The van der Waals surface area contributed by atoms with Crippen LogP contribution in [0.5, 0.6) is 0 Å². The number of unbranched alkanes of at least 4 members (excludes halogenated alkanes) is 3. The van der Waals surface area contributed by atoms with Gasteiger partial charge >= 0.3 is 0 Å². The fourth-order valence-electron chi connectivity index (χ4n) is 4.44. The molecule has 4 rings (SSSR count). The first kappa shape index (κ1) is 26.8. The van der Waals surface area contributed by atoms with Crippen molar-refractivity contribution in [2.24, 2.45) is 0 Å². The van der Waals surface area contributed by atoms with E-state index in [1.165, 1.54) is 22.3 Å². The van der Waals surface area contributed by atoms with Gasteiger partial charge in [0.15, 0.2) is 0 Å². The highest BCUT2D eigenvalue weighted by Gasteiger charge is 2.23. The summed E-state index contributed by atoms with van der Waals surface area (Å²) in [6.07, 6.45) is 13.0. The molecular formula is C29H44O6. The van der Waals surface area contributed by atoms with Gasteiger partial charge in [-0.05, 0) is 80.0 Å². The molecule has 3 heterocycles. The Morgan fingerprint density at radius 2 is 1.09 bits per heavy atom. The van der Waals surface area contributed by atoms with Gasteiger partial charge < -0.3 is 28.4 Å². The molecule has 3 fully saturated rings. The van der Waals surface area contributed by atoms with Crippen LogP contribution in [0.25, 0.3) is 6.08 Å². The summed E-state index contributed by atoms with van der Waals surface area (Å²) >= 11 is 0. The molecule has 3 saturated heterocycles. The smallest absolute Gasteiger partial charge is 0.104 e. The SMILES string of the molecule is C=Cc1c(CCCCOCC2CO2)ccc(CCCCOCC2CO2)c1CCCCOCC1CO1. The minimum atomic E-state index is 0.346. The van der Waals surface area contributed by atoms with E-state index < -0.39 is 0 Å². The number of aryl methyl sites for hydroxylation is 2. The van der Waals surface area contributed by atoms with Crippen LogP contribution in [0.4, 0.5) is 0 Å². The van der Waals surface area contributed by atoms with Gasteiger partial charge in [0.05, 0.1) is 39.6 Å². The van der Waals surface area contributed by atoms with E-state index in [0.717, 1.165) is 117 Å². The first-order chi connectivity index (χ1) is 17.3. The van der Waals surface area contributed by atoms with E-state index in [1.54, 1.807) is 0 Å². The average molecular weight is 489 g/mol. The largest absolute Gasteiger partial charge is 0.379 e. The maximum Gasteiger partial charge on any atom is 0.104 e. The average Bonchev–Trinajstić information content (AvgIpc) is 3.71. The van der Waals surface area contributed by atoms with Gasteiger partial charge in [0, 0.05) is 19.8 Å². The number of rotatable bonds is 22. The molecule has 3 aliphatic heterocycles. The van der Waals surface area contributed by atoms with Crippen molar-refractivity contribution < 1.29 is 28.4 Å². The second kappa shape index (κ2) is 15.1.